The molecule has 0 radical (unpaired) electrons. The van der Waals surface area contributed by atoms with Gasteiger partial charge in [-0.2, -0.15) is 0 Å². The van der Waals surface area contributed by atoms with Gasteiger partial charge < -0.3 is 10.4 Å². The zero-order valence-corrected chi connectivity index (χ0v) is 15.0. The van der Waals surface area contributed by atoms with Gasteiger partial charge in [-0.15, -0.1) is 0 Å². The van der Waals surface area contributed by atoms with Gasteiger partial charge in [0.25, 0.3) is 0 Å². The highest BCUT2D eigenvalue weighted by molar-refractivity contribution is 9.11. The summed E-state index contributed by atoms with van der Waals surface area (Å²) in [5.41, 5.74) is 0.777. The van der Waals surface area contributed by atoms with Crippen molar-refractivity contribution in [2.45, 2.75) is 31.7 Å². The van der Waals surface area contributed by atoms with Crippen LogP contribution in [0.1, 0.15) is 25.7 Å². The van der Waals surface area contributed by atoms with Crippen LogP contribution in [0.5, 0.6) is 0 Å². The van der Waals surface area contributed by atoms with Gasteiger partial charge in [0.15, 0.2) is 0 Å². The van der Waals surface area contributed by atoms with E-state index in [0.717, 1.165) is 34.0 Å². The molecular weight excluding hydrogens is 400 g/mol. The van der Waals surface area contributed by atoms with Crippen LogP contribution >= 0.6 is 31.9 Å². The van der Waals surface area contributed by atoms with Crippen molar-refractivity contribution in [2.75, 3.05) is 25.0 Å². The third kappa shape index (κ3) is 5.06. The van der Waals surface area contributed by atoms with Crippen LogP contribution in [0.2, 0.25) is 0 Å². The second-order valence-electron chi connectivity index (χ2n) is 5.30. The first-order valence-corrected chi connectivity index (χ1v) is 8.78. The monoisotopic (exact) mass is 418 g/mol. The molecule has 1 saturated carbocycles. The molecule has 0 saturated heterocycles. The van der Waals surface area contributed by atoms with Crippen molar-refractivity contribution in [3.05, 3.63) is 27.1 Å². The molecule has 6 heteroatoms. The summed E-state index contributed by atoms with van der Waals surface area (Å²) in [7, 11) is 0. The third-order valence-corrected chi connectivity index (χ3v) is 4.90. The van der Waals surface area contributed by atoms with Gasteiger partial charge in [-0.05, 0) is 53.4 Å². The molecule has 0 aliphatic heterocycles. The Labute approximate surface area is 142 Å². The molecule has 116 valence electrons. The maximum Gasteiger partial charge on any atom is 0.238 e. The molecule has 0 atom stereocenters. The van der Waals surface area contributed by atoms with Crippen LogP contribution in [0.25, 0.3) is 0 Å². The molecule has 4 nitrogen and oxygen atoms in total. The number of nitrogens with zero attached hydrogens (tertiary/aromatic N) is 1. The highest BCUT2D eigenvalue weighted by atomic mass is 79.9. The van der Waals surface area contributed by atoms with Crippen LogP contribution in [0.15, 0.2) is 27.1 Å². The number of halogens is 2. The van der Waals surface area contributed by atoms with Crippen LogP contribution in [0.4, 0.5) is 5.69 Å². The lowest BCUT2D eigenvalue weighted by Gasteiger charge is -2.37. The number of carbonyl (C=O) groups excluding carboxylic acids is 1. The van der Waals surface area contributed by atoms with Crippen LogP contribution in [0, 0.1) is 0 Å². The first-order valence-electron chi connectivity index (χ1n) is 7.20. The maximum absolute atomic E-state index is 12.2. The summed E-state index contributed by atoms with van der Waals surface area (Å²) < 4.78 is 1.82. The van der Waals surface area contributed by atoms with Crippen molar-refractivity contribution in [2.24, 2.45) is 0 Å². The molecule has 1 amide bonds. The SMILES string of the molecule is O=C(CN(CCCO)C1CCC1)Nc1ccc(Br)cc1Br. The molecular formula is C15H20Br2N2O2. The number of amides is 1. The Balaban J connectivity index is 1.91. The number of aliphatic hydroxyl groups is 1. The Morgan fingerprint density at radius 2 is 2.14 bits per heavy atom. The topological polar surface area (TPSA) is 52.6 Å². The van der Waals surface area contributed by atoms with Gasteiger partial charge in [-0.1, -0.05) is 22.4 Å². The molecule has 0 bridgehead atoms. The van der Waals surface area contributed by atoms with E-state index in [1.807, 2.05) is 18.2 Å². The highest BCUT2D eigenvalue weighted by Crippen LogP contribution is 2.27. The smallest absolute Gasteiger partial charge is 0.238 e. The zero-order valence-electron chi connectivity index (χ0n) is 11.8. The fourth-order valence-electron chi connectivity index (χ4n) is 2.38. The van der Waals surface area contributed by atoms with Gasteiger partial charge >= 0.3 is 0 Å². The Morgan fingerprint density at radius 3 is 2.71 bits per heavy atom. The molecule has 0 heterocycles. The van der Waals surface area contributed by atoms with Crippen LogP contribution in [-0.2, 0) is 4.79 Å². The summed E-state index contributed by atoms with van der Waals surface area (Å²) in [5, 5.41) is 11.9. The number of carbonyl (C=O) groups is 1. The molecule has 1 aliphatic carbocycles. The van der Waals surface area contributed by atoms with Crippen LogP contribution in [-0.4, -0.2) is 41.7 Å². The minimum Gasteiger partial charge on any atom is -0.396 e. The first-order chi connectivity index (χ1) is 10.1. The normalized spacial score (nSPS) is 15.0. The fraction of sp³-hybridized carbons (Fsp3) is 0.533. The van der Waals surface area contributed by atoms with Crippen molar-refractivity contribution in [3.8, 4) is 0 Å². The zero-order chi connectivity index (χ0) is 15.2. The van der Waals surface area contributed by atoms with Gasteiger partial charge in [-0.3, -0.25) is 9.69 Å². The Kier molecular flexibility index (Phi) is 6.67. The lowest BCUT2D eigenvalue weighted by Crippen LogP contribution is -2.45. The average Bonchev–Trinajstić information content (AvgIpc) is 2.37. The van der Waals surface area contributed by atoms with Crippen LogP contribution in [0.3, 0.4) is 0 Å². The predicted molar refractivity (Wildman–Crippen MR) is 91.4 cm³/mol. The third-order valence-electron chi connectivity index (χ3n) is 3.75. The molecule has 21 heavy (non-hydrogen) atoms. The summed E-state index contributed by atoms with van der Waals surface area (Å²) in [5.74, 6) is -0.0112. The van der Waals surface area contributed by atoms with Crippen LogP contribution < -0.4 is 5.32 Å². The first kappa shape index (κ1) is 16.9. The van der Waals surface area contributed by atoms with E-state index in [2.05, 4.69) is 42.1 Å². The second-order valence-corrected chi connectivity index (χ2v) is 7.07. The molecule has 1 fully saturated rings. The summed E-state index contributed by atoms with van der Waals surface area (Å²) in [6.45, 7) is 1.33. The Morgan fingerprint density at radius 1 is 1.38 bits per heavy atom. The van der Waals surface area contributed by atoms with Gasteiger partial charge in [-0.25, -0.2) is 0 Å². The number of hydrogen-bond acceptors (Lipinski definition) is 3. The van der Waals surface area contributed by atoms with E-state index in [1.54, 1.807) is 0 Å². The quantitative estimate of drug-likeness (QED) is 0.712. The number of nitrogens with one attached hydrogen (secondary N) is 1. The van der Waals surface area contributed by atoms with E-state index >= 15 is 0 Å². The number of hydrogen-bond donors (Lipinski definition) is 2. The van der Waals surface area contributed by atoms with Crippen molar-refractivity contribution in [1.82, 2.24) is 4.90 Å². The summed E-state index contributed by atoms with van der Waals surface area (Å²) in [6, 6.07) is 6.17. The molecule has 0 unspecified atom stereocenters. The van der Waals surface area contributed by atoms with Gasteiger partial charge in [0, 0.05) is 28.1 Å². The number of anilines is 1. The molecule has 0 spiro atoms. The molecule has 1 aromatic rings. The molecule has 1 aliphatic rings. The largest absolute Gasteiger partial charge is 0.396 e. The predicted octanol–water partition coefficient (Wildman–Crippen LogP) is 3.39. The summed E-state index contributed by atoms with van der Waals surface area (Å²) in [4.78, 5) is 14.4. The minimum atomic E-state index is -0.0112. The molecule has 2 N–H and O–H groups in total. The lowest BCUT2D eigenvalue weighted by atomic mass is 9.91. The highest BCUT2D eigenvalue weighted by Gasteiger charge is 2.26. The summed E-state index contributed by atoms with van der Waals surface area (Å²) in [6.07, 6.45) is 4.26. The fourth-order valence-corrected chi connectivity index (χ4v) is 3.53. The van der Waals surface area contributed by atoms with Crippen molar-refractivity contribution >= 4 is 43.5 Å². The molecule has 1 aromatic carbocycles. The van der Waals surface area contributed by atoms with Gasteiger partial charge in [0.05, 0.1) is 12.2 Å². The standard InChI is InChI=1S/C15H20Br2N2O2/c16-11-5-6-14(13(17)9-11)18-15(21)10-19(7-2-8-20)12-3-1-4-12/h5-6,9,12,20H,1-4,7-8,10H2,(H,18,21). The second kappa shape index (κ2) is 8.27. The van der Waals surface area contributed by atoms with E-state index in [9.17, 15) is 4.79 Å². The van der Waals surface area contributed by atoms with E-state index in [4.69, 9.17) is 5.11 Å². The van der Waals surface area contributed by atoms with Gasteiger partial charge in [0.1, 0.15) is 0 Å². The molecule has 0 aromatic heterocycles. The number of benzene rings is 1. The summed E-state index contributed by atoms with van der Waals surface area (Å²) >= 11 is 6.84. The van der Waals surface area contributed by atoms with E-state index in [-0.39, 0.29) is 12.5 Å². The van der Waals surface area contributed by atoms with E-state index in [1.165, 1.54) is 6.42 Å². The van der Waals surface area contributed by atoms with Crippen molar-refractivity contribution in [3.63, 3.8) is 0 Å². The van der Waals surface area contributed by atoms with E-state index in [0.29, 0.717) is 19.0 Å². The maximum atomic E-state index is 12.2. The number of rotatable bonds is 7. The Hall–Kier alpha value is -0.430. The lowest BCUT2D eigenvalue weighted by molar-refractivity contribution is -0.118. The average molecular weight is 420 g/mol. The number of aliphatic hydroxyl groups excluding tert-OH is 1. The van der Waals surface area contributed by atoms with Crippen molar-refractivity contribution < 1.29 is 9.90 Å². The molecule has 2 rings (SSSR count). The minimum absolute atomic E-state index is 0.0112. The Bertz CT molecular complexity index is 493. The van der Waals surface area contributed by atoms with Gasteiger partial charge in [0.2, 0.25) is 5.91 Å². The van der Waals surface area contributed by atoms with E-state index < -0.39 is 0 Å². The van der Waals surface area contributed by atoms with Crippen molar-refractivity contribution in [1.29, 1.82) is 0 Å².